The number of thiol groups is 1. The van der Waals surface area contributed by atoms with Gasteiger partial charge in [0.15, 0.2) is 0 Å². The lowest BCUT2D eigenvalue weighted by Gasteiger charge is -2.32. The second kappa shape index (κ2) is 13.3. The SMILES string of the molecule is CC.CCC1CN(CC)CCN1.CS. The van der Waals surface area contributed by atoms with E-state index in [0.717, 1.165) is 6.04 Å². The van der Waals surface area contributed by atoms with Crippen molar-refractivity contribution in [2.45, 2.75) is 40.2 Å². The van der Waals surface area contributed by atoms with Gasteiger partial charge in [-0.1, -0.05) is 27.7 Å². The molecule has 88 valence electrons. The lowest BCUT2D eigenvalue weighted by Crippen LogP contribution is -2.50. The van der Waals surface area contributed by atoms with E-state index in [1.54, 1.807) is 6.26 Å². The van der Waals surface area contributed by atoms with E-state index >= 15 is 0 Å². The first-order valence-corrected chi connectivity index (χ1v) is 6.66. The van der Waals surface area contributed by atoms with Crippen LogP contribution in [-0.2, 0) is 0 Å². The van der Waals surface area contributed by atoms with Crippen LogP contribution in [0.1, 0.15) is 34.1 Å². The minimum atomic E-state index is 0.744. The van der Waals surface area contributed by atoms with Crippen LogP contribution in [0.2, 0.25) is 0 Å². The quantitative estimate of drug-likeness (QED) is 0.694. The van der Waals surface area contributed by atoms with Crippen molar-refractivity contribution in [2.75, 3.05) is 32.4 Å². The van der Waals surface area contributed by atoms with Gasteiger partial charge in [0, 0.05) is 25.7 Å². The summed E-state index contributed by atoms with van der Waals surface area (Å²) in [4.78, 5) is 2.50. The highest BCUT2D eigenvalue weighted by Crippen LogP contribution is 2.00. The number of hydrogen-bond acceptors (Lipinski definition) is 3. The van der Waals surface area contributed by atoms with Gasteiger partial charge in [-0.15, -0.1) is 0 Å². The fourth-order valence-corrected chi connectivity index (χ4v) is 1.45. The second-order valence-corrected chi connectivity index (χ2v) is 2.95. The maximum atomic E-state index is 3.53. The molecule has 1 aliphatic rings. The third kappa shape index (κ3) is 7.65. The smallest absolute Gasteiger partial charge is 0.0192 e. The van der Waals surface area contributed by atoms with E-state index in [1.807, 2.05) is 13.8 Å². The molecule has 2 nitrogen and oxygen atoms in total. The molecule has 1 aliphatic heterocycles. The van der Waals surface area contributed by atoms with Crippen LogP contribution in [0.3, 0.4) is 0 Å². The number of nitrogens with one attached hydrogen (secondary N) is 1. The van der Waals surface area contributed by atoms with E-state index in [0.29, 0.717) is 0 Å². The van der Waals surface area contributed by atoms with Crippen molar-refractivity contribution in [1.82, 2.24) is 10.2 Å². The molecule has 0 amide bonds. The summed E-state index contributed by atoms with van der Waals surface area (Å²) in [5, 5.41) is 3.49. The summed E-state index contributed by atoms with van der Waals surface area (Å²) in [5.41, 5.74) is 0. The Balaban J connectivity index is 0. The van der Waals surface area contributed by atoms with Crippen LogP contribution in [0.5, 0.6) is 0 Å². The van der Waals surface area contributed by atoms with Gasteiger partial charge < -0.3 is 10.2 Å². The number of rotatable bonds is 2. The number of nitrogens with zero attached hydrogens (tertiary/aromatic N) is 1. The Morgan fingerprint density at radius 1 is 1.29 bits per heavy atom. The van der Waals surface area contributed by atoms with Crippen molar-refractivity contribution in [3.63, 3.8) is 0 Å². The lowest BCUT2D eigenvalue weighted by atomic mass is 10.1. The van der Waals surface area contributed by atoms with Crippen molar-refractivity contribution in [3.8, 4) is 0 Å². The van der Waals surface area contributed by atoms with Gasteiger partial charge in [-0.25, -0.2) is 0 Å². The maximum absolute atomic E-state index is 3.53. The molecule has 1 fully saturated rings. The number of likely N-dealkylation sites (N-methyl/N-ethyl adjacent to an activating group) is 1. The Morgan fingerprint density at radius 2 is 1.86 bits per heavy atom. The fraction of sp³-hybridized carbons (Fsp3) is 1.00. The fourth-order valence-electron chi connectivity index (χ4n) is 1.45. The Hall–Kier alpha value is 0.270. The Labute approximate surface area is 95.9 Å². The van der Waals surface area contributed by atoms with Gasteiger partial charge in [-0.05, 0) is 19.2 Å². The van der Waals surface area contributed by atoms with Crippen molar-refractivity contribution in [1.29, 1.82) is 0 Å². The molecule has 0 bridgehead atoms. The monoisotopic (exact) mass is 220 g/mol. The summed E-state index contributed by atoms with van der Waals surface area (Å²) in [6, 6.07) is 0.744. The molecule has 0 spiro atoms. The van der Waals surface area contributed by atoms with Gasteiger partial charge in [0.2, 0.25) is 0 Å². The molecule has 1 unspecified atom stereocenters. The molecular formula is C11H28N2S. The largest absolute Gasteiger partial charge is 0.311 e. The molecule has 3 heteroatoms. The van der Waals surface area contributed by atoms with Crippen molar-refractivity contribution in [3.05, 3.63) is 0 Å². The highest BCUT2D eigenvalue weighted by Gasteiger charge is 2.15. The Morgan fingerprint density at radius 3 is 2.29 bits per heavy atom. The summed E-state index contributed by atoms with van der Waals surface area (Å²) in [6.07, 6.45) is 2.95. The molecule has 0 aromatic rings. The molecular weight excluding hydrogens is 192 g/mol. The van der Waals surface area contributed by atoms with Crippen molar-refractivity contribution >= 4 is 12.6 Å². The zero-order valence-electron chi connectivity index (χ0n) is 10.5. The lowest BCUT2D eigenvalue weighted by molar-refractivity contribution is 0.206. The predicted octanol–water partition coefficient (Wildman–Crippen LogP) is 2.26. The molecule has 1 heterocycles. The normalized spacial score (nSPS) is 21.4. The van der Waals surface area contributed by atoms with Crippen LogP contribution < -0.4 is 5.32 Å². The minimum Gasteiger partial charge on any atom is -0.311 e. The zero-order valence-corrected chi connectivity index (χ0v) is 11.4. The number of piperazine rings is 1. The first-order valence-electron chi connectivity index (χ1n) is 5.77. The third-order valence-corrected chi connectivity index (χ3v) is 2.28. The van der Waals surface area contributed by atoms with Gasteiger partial charge in [-0.3, -0.25) is 0 Å². The van der Waals surface area contributed by atoms with E-state index < -0.39 is 0 Å². The van der Waals surface area contributed by atoms with Crippen molar-refractivity contribution < 1.29 is 0 Å². The molecule has 0 aliphatic carbocycles. The molecule has 0 aromatic carbocycles. The minimum absolute atomic E-state index is 0.744. The molecule has 0 radical (unpaired) electrons. The van der Waals surface area contributed by atoms with Gasteiger partial charge in [-0.2, -0.15) is 12.6 Å². The van der Waals surface area contributed by atoms with E-state index in [4.69, 9.17) is 0 Å². The Bertz CT molecular complexity index is 89.3. The van der Waals surface area contributed by atoms with Crippen molar-refractivity contribution in [2.24, 2.45) is 0 Å². The van der Waals surface area contributed by atoms with Gasteiger partial charge >= 0.3 is 0 Å². The standard InChI is InChI=1S/C8H18N2.C2H6.CH4S/c1-3-8-7-10(4-2)6-5-9-8;2*1-2/h8-9H,3-7H2,1-2H3;1-2H3;2H,1H3. The van der Waals surface area contributed by atoms with Crippen LogP contribution >= 0.6 is 12.6 Å². The van der Waals surface area contributed by atoms with Gasteiger partial charge in [0.1, 0.15) is 0 Å². The van der Waals surface area contributed by atoms with Crippen LogP contribution in [0.25, 0.3) is 0 Å². The van der Waals surface area contributed by atoms with E-state index in [2.05, 4.69) is 36.7 Å². The average Bonchev–Trinajstić information content (AvgIpc) is 2.34. The molecule has 0 saturated carbocycles. The van der Waals surface area contributed by atoms with E-state index in [9.17, 15) is 0 Å². The Kier molecular flexibility index (Phi) is 15.8. The maximum Gasteiger partial charge on any atom is 0.0192 e. The van der Waals surface area contributed by atoms with Crippen LogP contribution in [0.15, 0.2) is 0 Å². The molecule has 14 heavy (non-hydrogen) atoms. The highest BCUT2D eigenvalue weighted by atomic mass is 32.1. The van der Waals surface area contributed by atoms with Crippen LogP contribution in [-0.4, -0.2) is 43.4 Å². The molecule has 1 N–H and O–H groups in total. The molecule has 0 aromatic heterocycles. The van der Waals surface area contributed by atoms with E-state index in [1.165, 1.54) is 32.6 Å². The second-order valence-electron chi connectivity index (χ2n) is 2.95. The average molecular weight is 220 g/mol. The van der Waals surface area contributed by atoms with E-state index in [-0.39, 0.29) is 0 Å². The highest BCUT2D eigenvalue weighted by molar-refractivity contribution is 7.79. The summed E-state index contributed by atoms with van der Waals surface area (Å²) in [5.74, 6) is 0. The molecule has 1 rings (SSSR count). The van der Waals surface area contributed by atoms with Gasteiger partial charge in [0.05, 0.1) is 0 Å². The van der Waals surface area contributed by atoms with Crippen LogP contribution in [0.4, 0.5) is 0 Å². The summed E-state index contributed by atoms with van der Waals surface area (Å²) >= 11 is 3.53. The molecule has 1 atom stereocenters. The predicted molar refractivity (Wildman–Crippen MR) is 70.5 cm³/mol. The third-order valence-electron chi connectivity index (χ3n) is 2.28. The topological polar surface area (TPSA) is 15.3 Å². The first kappa shape index (κ1) is 16.7. The summed E-state index contributed by atoms with van der Waals surface area (Å²) in [6.45, 7) is 13.3. The first-order chi connectivity index (χ1) is 6.86. The molecule has 1 saturated heterocycles. The zero-order chi connectivity index (χ0) is 11.4. The number of hydrogen-bond donors (Lipinski definition) is 2. The van der Waals surface area contributed by atoms with Crippen LogP contribution in [0, 0.1) is 0 Å². The summed E-state index contributed by atoms with van der Waals surface area (Å²) in [7, 11) is 0. The van der Waals surface area contributed by atoms with Gasteiger partial charge in [0.25, 0.3) is 0 Å². The summed E-state index contributed by atoms with van der Waals surface area (Å²) < 4.78 is 0.